The van der Waals surface area contributed by atoms with Gasteiger partial charge in [-0.25, -0.2) is 9.97 Å². The number of piperazine rings is 1. The van der Waals surface area contributed by atoms with Crippen LogP contribution in [0, 0.1) is 20.8 Å². The Bertz CT molecular complexity index is 1620. The summed E-state index contributed by atoms with van der Waals surface area (Å²) in [6, 6.07) is 12.0. The first-order valence-electron chi connectivity index (χ1n) is 13.0. The third kappa shape index (κ3) is 4.68. The molecule has 0 bridgehead atoms. The van der Waals surface area contributed by atoms with E-state index in [0.717, 1.165) is 46.3 Å². The third-order valence-corrected chi connectivity index (χ3v) is 8.37. The van der Waals surface area contributed by atoms with Crippen LogP contribution in [0.15, 0.2) is 41.8 Å². The number of nitrogens with zero attached hydrogens (tertiary/aromatic N) is 4. The van der Waals surface area contributed by atoms with E-state index in [1.807, 2.05) is 36.3 Å². The number of fused-ring (bicyclic) bond motifs is 1. The lowest BCUT2D eigenvalue weighted by molar-refractivity contribution is -0.110. The molecule has 2 aliphatic heterocycles. The maximum Gasteiger partial charge on any atom is 0.258 e. The second-order valence-corrected chi connectivity index (χ2v) is 11.1. The minimum atomic E-state index is -0.216. The van der Waals surface area contributed by atoms with Gasteiger partial charge >= 0.3 is 0 Å². The van der Waals surface area contributed by atoms with Gasteiger partial charge < -0.3 is 20.1 Å². The Morgan fingerprint density at radius 1 is 0.974 bits per heavy atom. The van der Waals surface area contributed by atoms with Crippen molar-refractivity contribution in [3.63, 3.8) is 0 Å². The maximum atomic E-state index is 13.4. The van der Waals surface area contributed by atoms with Crippen LogP contribution in [0.2, 0.25) is 0 Å². The average molecular weight is 539 g/mol. The highest BCUT2D eigenvalue weighted by molar-refractivity contribution is 7.13. The fourth-order valence-electron chi connectivity index (χ4n) is 5.11. The number of carbonyl (C=O) groups is 2. The molecule has 9 heteroatoms. The Morgan fingerprint density at radius 2 is 1.72 bits per heavy atom. The second-order valence-electron chi connectivity index (χ2n) is 10.3. The molecule has 0 unspecified atom stereocenters. The largest absolute Gasteiger partial charge is 0.358 e. The molecule has 198 valence electrons. The van der Waals surface area contributed by atoms with Gasteiger partial charge in [0.05, 0.1) is 22.5 Å². The van der Waals surface area contributed by atoms with E-state index in [0.29, 0.717) is 41.3 Å². The van der Waals surface area contributed by atoms with Crippen LogP contribution in [-0.2, 0) is 4.79 Å². The molecule has 3 aromatic heterocycles. The molecule has 0 saturated carbocycles. The maximum absolute atomic E-state index is 13.4. The van der Waals surface area contributed by atoms with Crippen molar-refractivity contribution in [3.8, 4) is 22.0 Å². The van der Waals surface area contributed by atoms with Crippen LogP contribution in [0.3, 0.4) is 0 Å². The van der Waals surface area contributed by atoms with Gasteiger partial charge in [-0.05, 0) is 51.6 Å². The van der Waals surface area contributed by atoms with Crippen molar-refractivity contribution in [2.45, 2.75) is 20.8 Å². The summed E-state index contributed by atoms with van der Waals surface area (Å²) in [6.45, 7) is 9.04. The van der Waals surface area contributed by atoms with Crippen LogP contribution >= 0.6 is 11.3 Å². The van der Waals surface area contributed by atoms with Crippen molar-refractivity contribution in [2.24, 2.45) is 0 Å². The monoisotopic (exact) mass is 538 g/mol. The predicted octanol–water partition coefficient (Wildman–Crippen LogP) is 5.01. The molecule has 0 radical (unpaired) electrons. The molecule has 4 aromatic rings. The molecule has 1 fully saturated rings. The number of aromatic nitrogens is 3. The predicted molar refractivity (Wildman–Crippen MR) is 156 cm³/mol. The summed E-state index contributed by atoms with van der Waals surface area (Å²) in [4.78, 5) is 43.5. The Labute approximate surface area is 231 Å². The molecule has 1 saturated heterocycles. The molecule has 0 spiro atoms. The fourth-order valence-corrected chi connectivity index (χ4v) is 5.93. The highest BCUT2D eigenvalue weighted by Gasteiger charge is 2.29. The van der Waals surface area contributed by atoms with Crippen LogP contribution in [-0.4, -0.2) is 69.8 Å². The standard InChI is InChI=1S/C30H30N6O2S/c1-17-5-7-20(8-6-17)29-34-25(16-39-29)22-9-10-23-27(32-22)21(28(37)33-23)15-24-18(2)26(19(3)31-24)30(38)36-13-11-35(4)12-14-36/h5-10,15-16,31H,11-14H2,1-4H3,(H,33,37)/b21-15-. The van der Waals surface area contributed by atoms with Crippen molar-refractivity contribution in [2.75, 3.05) is 38.5 Å². The van der Waals surface area contributed by atoms with Crippen LogP contribution in [0.1, 0.15) is 38.6 Å². The zero-order valence-electron chi connectivity index (χ0n) is 22.5. The molecule has 2 amide bonds. The number of aryl methyl sites for hydroxylation is 2. The minimum Gasteiger partial charge on any atom is -0.358 e. The molecule has 5 heterocycles. The SMILES string of the molecule is Cc1ccc(-c2nc(-c3ccc4c(n3)/C(=C/c3[nH]c(C)c(C(=O)N5CCN(C)CC5)c3C)C(=O)N4)cs2)cc1. The van der Waals surface area contributed by atoms with Gasteiger partial charge in [0, 0.05) is 48.5 Å². The molecular weight excluding hydrogens is 508 g/mol. The molecule has 0 aliphatic carbocycles. The summed E-state index contributed by atoms with van der Waals surface area (Å²) in [5.41, 5.74) is 8.51. The summed E-state index contributed by atoms with van der Waals surface area (Å²) in [6.07, 6.45) is 1.81. The summed E-state index contributed by atoms with van der Waals surface area (Å²) >= 11 is 1.57. The normalized spacial score (nSPS) is 16.6. The number of rotatable bonds is 4. The minimum absolute atomic E-state index is 0.0311. The molecule has 39 heavy (non-hydrogen) atoms. The number of likely N-dealkylation sites (N-methyl/N-ethyl adjacent to an activating group) is 1. The number of anilines is 1. The van der Waals surface area contributed by atoms with Crippen molar-refractivity contribution < 1.29 is 9.59 Å². The van der Waals surface area contributed by atoms with Crippen LogP contribution < -0.4 is 5.32 Å². The van der Waals surface area contributed by atoms with Crippen molar-refractivity contribution in [3.05, 3.63) is 75.6 Å². The Morgan fingerprint density at radius 3 is 2.46 bits per heavy atom. The third-order valence-electron chi connectivity index (χ3n) is 7.48. The van der Waals surface area contributed by atoms with Gasteiger partial charge in [0.1, 0.15) is 16.4 Å². The van der Waals surface area contributed by atoms with Gasteiger partial charge in [-0.3, -0.25) is 9.59 Å². The Balaban J connectivity index is 1.31. The Kier molecular flexibility index (Phi) is 6.40. The van der Waals surface area contributed by atoms with E-state index >= 15 is 0 Å². The van der Waals surface area contributed by atoms with E-state index in [1.165, 1.54) is 5.56 Å². The van der Waals surface area contributed by atoms with E-state index in [4.69, 9.17) is 9.97 Å². The van der Waals surface area contributed by atoms with Crippen LogP contribution in [0.25, 0.3) is 33.6 Å². The number of carbonyl (C=O) groups excluding carboxylic acids is 2. The van der Waals surface area contributed by atoms with E-state index in [-0.39, 0.29) is 11.8 Å². The van der Waals surface area contributed by atoms with Crippen molar-refractivity contribution in [1.29, 1.82) is 0 Å². The van der Waals surface area contributed by atoms with E-state index in [9.17, 15) is 9.59 Å². The number of H-pyrrole nitrogens is 1. The summed E-state index contributed by atoms with van der Waals surface area (Å²) in [7, 11) is 2.07. The molecule has 2 aliphatic rings. The van der Waals surface area contributed by atoms with Crippen LogP contribution in [0.5, 0.6) is 0 Å². The summed E-state index contributed by atoms with van der Waals surface area (Å²) < 4.78 is 0. The summed E-state index contributed by atoms with van der Waals surface area (Å²) in [5.74, 6) is -0.185. The molecule has 0 atom stereocenters. The molecule has 2 N–H and O–H groups in total. The first-order chi connectivity index (χ1) is 18.8. The number of nitrogens with one attached hydrogen (secondary N) is 2. The molecular formula is C30H30N6O2S. The zero-order chi connectivity index (χ0) is 27.3. The first kappa shape index (κ1) is 25.2. The first-order valence-corrected chi connectivity index (χ1v) is 13.9. The Hall–Kier alpha value is -4.08. The molecule has 6 rings (SSSR count). The number of hydrogen-bond acceptors (Lipinski definition) is 6. The lowest BCUT2D eigenvalue weighted by Gasteiger charge is -2.32. The number of pyridine rings is 1. The van der Waals surface area contributed by atoms with E-state index < -0.39 is 0 Å². The van der Waals surface area contributed by atoms with Gasteiger partial charge in [0.15, 0.2) is 0 Å². The molecule has 8 nitrogen and oxygen atoms in total. The van der Waals surface area contributed by atoms with Gasteiger partial charge in [0.25, 0.3) is 11.8 Å². The van der Waals surface area contributed by atoms with Crippen LogP contribution in [0.4, 0.5) is 5.69 Å². The smallest absolute Gasteiger partial charge is 0.258 e. The highest BCUT2D eigenvalue weighted by atomic mass is 32.1. The lowest BCUT2D eigenvalue weighted by Crippen LogP contribution is -2.47. The second kappa shape index (κ2) is 9.91. The van der Waals surface area contributed by atoms with Crippen molar-refractivity contribution >= 4 is 40.5 Å². The summed E-state index contributed by atoms with van der Waals surface area (Å²) in [5, 5.41) is 5.84. The number of aromatic amines is 1. The van der Waals surface area contributed by atoms with Gasteiger partial charge in [-0.2, -0.15) is 0 Å². The topological polar surface area (TPSA) is 94.2 Å². The zero-order valence-corrected chi connectivity index (χ0v) is 23.3. The fraction of sp³-hybridized carbons (Fsp3) is 0.267. The quantitative estimate of drug-likeness (QED) is 0.357. The van der Waals surface area contributed by atoms with Gasteiger partial charge in [-0.1, -0.05) is 29.8 Å². The van der Waals surface area contributed by atoms with E-state index in [1.54, 1.807) is 17.4 Å². The highest BCUT2D eigenvalue weighted by Crippen LogP contribution is 2.36. The van der Waals surface area contributed by atoms with Gasteiger partial charge in [0.2, 0.25) is 0 Å². The number of amides is 2. The lowest BCUT2D eigenvalue weighted by atomic mass is 10.1. The average Bonchev–Trinajstić information content (AvgIpc) is 3.61. The molecule has 1 aromatic carbocycles. The number of benzene rings is 1. The van der Waals surface area contributed by atoms with Gasteiger partial charge in [-0.15, -0.1) is 11.3 Å². The number of hydrogen-bond donors (Lipinski definition) is 2. The number of thiazole rings is 1. The van der Waals surface area contributed by atoms with E-state index in [2.05, 4.69) is 53.4 Å². The van der Waals surface area contributed by atoms with Crippen molar-refractivity contribution in [1.82, 2.24) is 24.8 Å².